The van der Waals surface area contributed by atoms with Crippen molar-refractivity contribution in [1.82, 2.24) is 14.8 Å². The molecule has 0 bridgehead atoms. The Balaban J connectivity index is 2.06. The first-order valence-electron chi connectivity index (χ1n) is 7.47. The molecule has 4 nitrogen and oxygen atoms in total. The number of aromatic nitrogens is 3. The van der Waals surface area contributed by atoms with Crippen LogP contribution in [0.25, 0.3) is 11.4 Å². The molecular formula is C18H15FN4S. The molecule has 6 heteroatoms. The van der Waals surface area contributed by atoms with Crippen LogP contribution in [0.3, 0.4) is 0 Å². The van der Waals surface area contributed by atoms with Gasteiger partial charge in [-0.3, -0.25) is 4.57 Å². The van der Waals surface area contributed by atoms with Gasteiger partial charge in [0.1, 0.15) is 5.82 Å². The van der Waals surface area contributed by atoms with Gasteiger partial charge < -0.3 is 0 Å². The van der Waals surface area contributed by atoms with Crippen molar-refractivity contribution in [3.8, 4) is 17.5 Å². The highest BCUT2D eigenvalue weighted by Crippen LogP contribution is 2.28. The van der Waals surface area contributed by atoms with Crippen LogP contribution in [-0.2, 0) is 6.54 Å². The van der Waals surface area contributed by atoms with Gasteiger partial charge in [0.15, 0.2) is 11.0 Å². The number of nitrogens with zero attached hydrogens (tertiary/aromatic N) is 4. The summed E-state index contributed by atoms with van der Waals surface area (Å²) in [4.78, 5) is 0. The number of benzene rings is 2. The summed E-state index contributed by atoms with van der Waals surface area (Å²) in [6.45, 7) is 2.31. The summed E-state index contributed by atoms with van der Waals surface area (Å²) in [5, 5.41) is 17.7. The summed E-state index contributed by atoms with van der Waals surface area (Å²) in [6.07, 6.45) is 0. The van der Waals surface area contributed by atoms with E-state index < -0.39 is 0 Å². The minimum Gasteiger partial charge on any atom is -0.297 e. The van der Waals surface area contributed by atoms with E-state index in [1.807, 2.05) is 34.9 Å². The molecule has 0 N–H and O–H groups in total. The Labute approximate surface area is 144 Å². The molecule has 120 valence electrons. The number of rotatable bonds is 5. The van der Waals surface area contributed by atoms with E-state index >= 15 is 0 Å². The van der Waals surface area contributed by atoms with Crippen molar-refractivity contribution in [2.45, 2.75) is 23.9 Å². The third-order valence-corrected chi connectivity index (χ3v) is 4.45. The average molecular weight is 338 g/mol. The standard InChI is InChI=1S/C18H15FN4S/c1-13(11-20)24-18-22-21-17(15-9-5-6-10-16(15)19)23(18)12-14-7-3-2-4-8-14/h2-10,13H,12H2,1H3. The van der Waals surface area contributed by atoms with Crippen molar-refractivity contribution >= 4 is 11.8 Å². The van der Waals surface area contributed by atoms with Crippen LogP contribution in [-0.4, -0.2) is 20.0 Å². The molecule has 1 unspecified atom stereocenters. The van der Waals surface area contributed by atoms with Crippen molar-refractivity contribution in [1.29, 1.82) is 5.26 Å². The molecule has 3 aromatic rings. The number of thioether (sulfide) groups is 1. The smallest absolute Gasteiger partial charge is 0.193 e. The minimum atomic E-state index is -0.343. The van der Waals surface area contributed by atoms with Crippen LogP contribution in [0.1, 0.15) is 12.5 Å². The zero-order chi connectivity index (χ0) is 16.9. The molecule has 1 heterocycles. The van der Waals surface area contributed by atoms with E-state index in [1.54, 1.807) is 25.1 Å². The zero-order valence-corrected chi connectivity index (χ0v) is 13.9. The Hall–Kier alpha value is -2.65. The molecule has 3 rings (SSSR count). The lowest BCUT2D eigenvalue weighted by molar-refractivity contribution is 0.626. The molecule has 0 aliphatic carbocycles. The average Bonchev–Trinajstić information content (AvgIpc) is 2.98. The Bertz CT molecular complexity index is 870. The number of halogens is 1. The monoisotopic (exact) mass is 338 g/mol. The van der Waals surface area contributed by atoms with Gasteiger partial charge in [-0.15, -0.1) is 10.2 Å². The molecule has 1 aromatic heterocycles. The molecule has 0 aliphatic rings. The molecular weight excluding hydrogens is 323 g/mol. The van der Waals surface area contributed by atoms with Crippen LogP contribution in [0, 0.1) is 17.1 Å². The summed E-state index contributed by atoms with van der Waals surface area (Å²) in [5.41, 5.74) is 1.46. The van der Waals surface area contributed by atoms with E-state index in [0.29, 0.717) is 23.1 Å². The van der Waals surface area contributed by atoms with Crippen LogP contribution in [0.5, 0.6) is 0 Å². The molecule has 2 aromatic carbocycles. The maximum atomic E-state index is 14.2. The Kier molecular flexibility index (Phi) is 4.92. The van der Waals surface area contributed by atoms with E-state index in [0.717, 1.165) is 5.56 Å². The predicted molar refractivity (Wildman–Crippen MR) is 91.9 cm³/mol. The first kappa shape index (κ1) is 16.2. The van der Waals surface area contributed by atoms with Crippen molar-refractivity contribution in [2.75, 3.05) is 0 Å². The molecule has 0 fully saturated rings. The molecule has 0 aliphatic heterocycles. The van der Waals surface area contributed by atoms with Crippen molar-refractivity contribution in [3.63, 3.8) is 0 Å². The second-order valence-electron chi connectivity index (χ2n) is 5.25. The fourth-order valence-corrected chi connectivity index (χ4v) is 3.05. The lowest BCUT2D eigenvalue weighted by atomic mass is 10.2. The topological polar surface area (TPSA) is 54.5 Å². The van der Waals surface area contributed by atoms with E-state index in [-0.39, 0.29) is 11.1 Å². The number of hydrogen-bond acceptors (Lipinski definition) is 4. The van der Waals surface area contributed by atoms with Gasteiger partial charge in [0.2, 0.25) is 0 Å². The van der Waals surface area contributed by atoms with Crippen molar-refractivity contribution < 1.29 is 4.39 Å². The summed E-state index contributed by atoms with van der Waals surface area (Å²) in [5.74, 6) is 0.119. The van der Waals surface area contributed by atoms with Crippen LogP contribution in [0.2, 0.25) is 0 Å². The van der Waals surface area contributed by atoms with Gasteiger partial charge in [-0.2, -0.15) is 5.26 Å². The number of nitriles is 1. The van der Waals surface area contributed by atoms with Gasteiger partial charge in [-0.05, 0) is 24.6 Å². The van der Waals surface area contributed by atoms with E-state index in [1.165, 1.54) is 17.8 Å². The van der Waals surface area contributed by atoms with Crippen LogP contribution >= 0.6 is 11.8 Å². The second-order valence-corrected chi connectivity index (χ2v) is 6.55. The van der Waals surface area contributed by atoms with Gasteiger partial charge in [-0.25, -0.2) is 4.39 Å². The summed E-state index contributed by atoms with van der Waals surface area (Å²) >= 11 is 1.32. The van der Waals surface area contributed by atoms with Gasteiger partial charge in [0, 0.05) is 0 Å². The fraction of sp³-hybridized carbons (Fsp3) is 0.167. The minimum absolute atomic E-state index is 0.266. The Morgan fingerprint density at radius 3 is 2.54 bits per heavy atom. The highest BCUT2D eigenvalue weighted by Gasteiger charge is 2.19. The summed E-state index contributed by atoms with van der Waals surface area (Å²) in [7, 11) is 0. The molecule has 0 radical (unpaired) electrons. The van der Waals surface area contributed by atoms with Crippen LogP contribution in [0.15, 0.2) is 59.8 Å². The van der Waals surface area contributed by atoms with Gasteiger partial charge in [-0.1, -0.05) is 54.2 Å². The van der Waals surface area contributed by atoms with Crippen molar-refractivity contribution in [3.05, 3.63) is 66.0 Å². The molecule has 0 saturated heterocycles. The summed E-state index contributed by atoms with van der Waals surface area (Å²) in [6, 6.07) is 18.5. The van der Waals surface area contributed by atoms with Gasteiger partial charge in [0.25, 0.3) is 0 Å². The van der Waals surface area contributed by atoms with Crippen molar-refractivity contribution in [2.24, 2.45) is 0 Å². The molecule has 0 amide bonds. The molecule has 1 atom stereocenters. The third-order valence-electron chi connectivity index (χ3n) is 3.48. The maximum absolute atomic E-state index is 14.2. The Morgan fingerprint density at radius 2 is 1.83 bits per heavy atom. The molecule has 0 saturated carbocycles. The first-order chi connectivity index (χ1) is 11.7. The van der Waals surface area contributed by atoms with E-state index in [9.17, 15) is 4.39 Å². The SMILES string of the molecule is CC(C#N)Sc1nnc(-c2ccccc2F)n1Cc1ccccc1. The third kappa shape index (κ3) is 3.47. The lowest BCUT2D eigenvalue weighted by Crippen LogP contribution is -2.06. The highest BCUT2D eigenvalue weighted by molar-refractivity contribution is 8.00. The van der Waals surface area contributed by atoms with Gasteiger partial charge in [0.05, 0.1) is 23.4 Å². The molecule has 24 heavy (non-hydrogen) atoms. The quantitative estimate of drug-likeness (QED) is 0.656. The number of hydrogen-bond donors (Lipinski definition) is 0. The largest absolute Gasteiger partial charge is 0.297 e. The fourth-order valence-electron chi connectivity index (χ4n) is 2.31. The first-order valence-corrected chi connectivity index (χ1v) is 8.35. The van der Waals surface area contributed by atoms with E-state index in [4.69, 9.17) is 5.26 Å². The van der Waals surface area contributed by atoms with E-state index in [2.05, 4.69) is 16.3 Å². The van der Waals surface area contributed by atoms with Crippen LogP contribution < -0.4 is 0 Å². The second kappa shape index (κ2) is 7.28. The zero-order valence-electron chi connectivity index (χ0n) is 13.1. The molecule has 0 spiro atoms. The summed E-state index contributed by atoms with van der Waals surface area (Å²) < 4.78 is 16.0. The normalized spacial score (nSPS) is 11.9. The lowest BCUT2D eigenvalue weighted by Gasteiger charge is -2.11. The predicted octanol–water partition coefficient (Wildman–Crippen LogP) is 4.14. The maximum Gasteiger partial charge on any atom is 0.193 e. The van der Waals surface area contributed by atoms with Gasteiger partial charge >= 0.3 is 0 Å². The Morgan fingerprint density at radius 1 is 1.12 bits per heavy atom. The van der Waals surface area contributed by atoms with Crippen LogP contribution in [0.4, 0.5) is 4.39 Å². The highest BCUT2D eigenvalue weighted by atomic mass is 32.2.